The number of halogens is 1. The molecule has 0 spiro atoms. The lowest BCUT2D eigenvalue weighted by atomic mass is 10.1. The number of hydrogen-bond acceptors (Lipinski definition) is 4. The summed E-state index contributed by atoms with van der Waals surface area (Å²) in [4.78, 5) is 17.7. The first-order valence-electron chi connectivity index (χ1n) is 9.09. The van der Waals surface area contributed by atoms with E-state index in [9.17, 15) is 4.79 Å². The molecule has 28 heavy (non-hydrogen) atoms. The summed E-state index contributed by atoms with van der Waals surface area (Å²) in [5.41, 5.74) is 2.90. The first-order valence-corrected chi connectivity index (χ1v) is 10.3. The number of aryl methyl sites for hydroxylation is 1. The summed E-state index contributed by atoms with van der Waals surface area (Å²) in [7, 11) is 1.60. The van der Waals surface area contributed by atoms with Crippen LogP contribution in [0.25, 0.3) is 10.2 Å². The van der Waals surface area contributed by atoms with Crippen LogP contribution >= 0.6 is 22.9 Å². The van der Waals surface area contributed by atoms with E-state index in [4.69, 9.17) is 21.1 Å². The molecule has 0 N–H and O–H groups in total. The van der Waals surface area contributed by atoms with E-state index in [0.717, 1.165) is 21.3 Å². The zero-order chi connectivity index (χ0) is 20.1. The Bertz CT molecular complexity index is 1060. The van der Waals surface area contributed by atoms with Crippen LogP contribution < -0.4 is 9.54 Å². The van der Waals surface area contributed by atoms with Gasteiger partial charge in [-0.15, -0.1) is 0 Å². The molecule has 148 valence electrons. The first-order chi connectivity index (χ1) is 13.5. The van der Waals surface area contributed by atoms with Crippen molar-refractivity contribution in [1.29, 1.82) is 0 Å². The Morgan fingerprint density at radius 1 is 1.25 bits per heavy atom. The molecule has 1 aromatic heterocycles. The molecule has 0 saturated heterocycles. The number of carbonyl (C=O) groups is 1. The van der Waals surface area contributed by atoms with Crippen LogP contribution in [0.3, 0.4) is 0 Å². The van der Waals surface area contributed by atoms with Gasteiger partial charge in [-0.1, -0.05) is 40.6 Å². The Morgan fingerprint density at radius 2 is 2.07 bits per heavy atom. The van der Waals surface area contributed by atoms with E-state index < -0.39 is 0 Å². The number of methoxy groups -OCH3 is 1. The lowest BCUT2D eigenvalue weighted by Crippen LogP contribution is -2.20. The van der Waals surface area contributed by atoms with Crippen LogP contribution in [0.1, 0.15) is 18.1 Å². The summed E-state index contributed by atoms with van der Waals surface area (Å²) in [5.74, 6) is 0.480. The van der Waals surface area contributed by atoms with E-state index in [0.29, 0.717) is 35.3 Å². The number of fused-ring (bicyclic) bond motifs is 1. The maximum Gasteiger partial charge on any atom is 0.252 e. The fraction of sp³-hybridized carbons (Fsp3) is 0.333. The van der Waals surface area contributed by atoms with E-state index in [2.05, 4.69) is 4.99 Å². The Kier molecular flexibility index (Phi) is 6.88. The fourth-order valence-electron chi connectivity index (χ4n) is 3.00. The average molecular weight is 419 g/mol. The SMILES string of the molecule is CCOCCn1c(=NC(=O)Cc2cc(C)ccc2OC)sc2cc(Cl)ccc21. The molecule has 0 radical (unpaired) electrons. The van der Waals surface area contributed by atoms with Gasteiger partial charge in [0, 0.05) is 23.7 Å². The van der Waals surface area contributed by atoms with Crippen molar-refractivity contribution in [3.05, 3.63) is 57.3 Å². The third-order valence-electron chi connectivity index (χ3n) is 4.31. The van der Waals surface area contributed by atoms with Crippen molar-refractivity contribution < 1.29 is 14.3 Å². The van der Waals surface area contributed by atoms with Gasteiger partial charge in [0.25, 0.3) is 5.91 Å². The molecule has 0 unspecified atom stereocenters. The third kappa shape index (κ3) is 4.82. The highest BCUT2D eigenvalue weighted by Crippen LogP contribution is 2.23. The van der Waals surface area contributed by atoms with Gasteiger partial charge in [0.05, 0.1) is 30.4 Å². The maximum absolute atomic E-state index is 12.7. The highest BCUT2D eigenvalue weighted by molar-refractivity contribution is 7.16. The molecule has 1 amide bonds. The molecule has 0 aliphatic carbocycles. The molecule has 0 aliphatic heterocycles. The highest BCUT2D eigenvalue weighted by Gasteiger charge is 2.11. The standard InChI is InChI=1S/C21H23ClN2O3S/c1-4-27-10-9-24-17-7-6-16(22)13-19(17)28-21(24)23-20(25)12-15-11-14(2)5-8-18(15)26-3/h5-8,11,13H,4,9-10,12H2,1-3H3. The number of thiazole rings is 1. The predicted molar refractivity (Wildman–Crippen MR) is 113 cm³/mol. The predicted octanol–water partition coefficient (Wildman–Crippen LogP) is 4.38. The summed E-state index contributed by atoms with van der Waals surface area (Å²) in [5, 5.41) is 0.660. The van der Waals surface area contributed by atoms with Gasteiger partial charge in [-0.05, 0) is 38.1 Å². The van der Waals surface area contributed by atoms with Crippen molar-refractivity contribution >= 4 is 39.1 Å². The maximum atomic E-state index is 12.7. The second-order valence-electron chi connectivity index (χ2n) is 6.34. The van der Waals surface area contributed by atoms with Gasteiger partial charge in [0.15, 0.2) is 4.80 Å². The number of benzene rings is 2. The van der Waals surface area contributed by atoms with Crippen molar-refractivity contribution in [2.75, 3.05) is 20.3 Å². The van der Waals surface area contributed by atoms with Crippen molar-refractivity contribution in [2.45, 2.75) is 26.8 Å². The Morgan fingerprint density at radius 3 is 2.82 bits per heavy atom. The molecule has 0 fully saturated rings. The van der Waals surface area contributed by atoms with Gasteiger partial charge >= 0.3 is 0 Å². The minimum Gasteiger partial charge on any atom is -0.496 e. The normalized spacial score (nSPS) is 11.9. The number of aromatic nitrogens is 1. The number of rotatable bonds is 7. The molecule has 1 heterocycles. The summed E-state index contributed by atoms with van der Waals surface area (Å²) >= 11 is 7.58. The zero-order valence-corrected chi connectivity index (χ0v) is 17.8. The summed E-state index contributed by atoms with van der Waals surface area (Å²) in [6.07, 6.45) is 0.186. The van der Waals surface area contributed by atoms with Crippen LogP contribution in [0, 0.1) is 6.92 Å². The number of nitrogens with zero attached hydrogens (tertiary/aromatic N) is 2. The van der Waals surface area contributed by atoms with Gasteiger partial charge in [-0.3, -0.25) is 4.79 Å². The minimum atomic E-state index is -0.216. The Labute approximate surface area is 173 Å². The quantitative estimate of drug-likeness (QED) is 0.535. The van der Waals surface area contributed by atoms with Crippen LogP contribution in [0.15, 0.2) is 41.4 Å². The van der Waals surface area contributed by atoms with E-state index >= 15 is 0 Å². The molecule has 0 saturated carbocycles. The number of carbonyl (C=O) groups excluding carboxylic acids is 1. The minimum absolute atomic E-state index is 0.186. The van der Waals surface area contributed by atoms with E-state index in [-0.39, 0.29) is 12.3 Å². The van der Waals surface area contributed by atoms with E-state index in [1.54, 1.807) is 7.11 Å². The second-order valence-corrected chi connectivity index (χ2v) is 7.79. The van der Waals surface area contributed by atoms with Crippen molar-refractivity contribution in [3.63, 3.8) is 0 Å². The van der Waals surface area contributed by atoms with Gasteiger partial charge < -0.3 is 14.0 Å². The highest BCUT2D eigenvalue weighted by atomic mass is 35.5. The van der Waals surface area contributed by atoms with Gasteiger partial charge in [-0.2, -0.15) is 4.99 Å². The lowest BCUT2D eigenvalue weighted by Gasteiger charge is -2.08. The molecule has 0 atom stereocenters. The monoisotopic (exact) mass is 418 g/mol. The van der Waals surface area contributed by atoms with Gasteiger partial charge in [-0.25, -0.2) is 0 Å². The van der Waals surface area contributed by atoms with E-state index in [1.807, 2.05) is 54.8 Å². The second kappa shape index (κ2) is 9.37. The summed E-state index contributed by atoms with van der Waals surface area (Å²) < 4.78 is 13.9. The topological polar surface area (TPSA) is 52.8 Å². The smallest absolute Gasteiger partial charge is 0.252 e. The van der Waals surface area contributed by atoms with Crippen LogP contribution in [-0.2, 0) is 22.5 Å². The van der Waals surface area contributed by atoms with Gasteiger partial charge in [0.1, 0.15) is 5.75 Å². The molecule has 0 aliphatic rings. The third-order valence-corrected chi connectivity index (χ3v) is 5.58. The zero-order valence-electron chi connectivity index (χ0n) is 16.2. The molecule has 0 bridgehead atoms. The average Bonchev–Trinajstić information content (AvgIpc) is 2.98. The molecule has 3 rings (SSSR count). The van der Waals surface area contributed by atoms with Crippen molar-refractivity contribution in [2.24, 2.45) is 4.99 Å². The molecule has 2 aromatic carbocycles. The number of amides is 1. The van der Waals surface area contributed by atoms with Crippen LogP contribution in [0.5, 0.6) is 5.75 Å². The molecule has 5 nitrogen and oxygen atoms in total. The van der Waals surface area contributed by atoms with Crippen molar-refractivity contribution in [3.8, 4) is 5.75 Å². The number of hydrogen-bond donors (Lipinski definition) is 0. The molecule has 7 heteroatoms. The molecule has 3 aromatic rings. The van der Waals surface area contributed by atoms with Gasteiger partial charge in [0.2, 0.25) is 0 Å². The lowest BCUT2D eigenvalue weighted by molar-refractivity contribution is -0.117. The number of ether oxygens (including phenoxy) is 2. The summed E-state index contributed by atoms with van der Waals surface area (Å²) in [6.45, 7) is 5.77. The summed E-state index contributed by atoms with van der Waals surface area (Å²) in [6, 6.07) is 11.5. The van der Waals surface area contributed by atoms with Crippen LogP contribution in [0.2, 0.25) is 5.02 Å². The Hall–Kier alpha value is -2.15. The Balaban J connectivity index is 1.97. The van der Waals surface area contributed by atoms with Crippen LogP contribution in [-0.4, -0.2) is 30.8 Å². The fourth-order valence-corrected chi connectivity index (χ4v) is 4.35. The molecular weight excluding hydrogens is 396 g/mol. The van der Waals surface area contributed by atoms with Crippen molar-refractivity contribution in [1.82, 2.24) is 4.57 Å². The first kappa shape index (κ1) is 20.6. The van der Waals surface area contributed by atoms with Crippen LogP contribution in [0.4, 0.5) is 0 Å². The molecular formula is C21H23ClN2O3S. The van der Waals surface area contributed by atoms with E-state index in [1.165, 1.54) is 11.3 Å². The largest absolute Gasteiger partial charge is 0.496 e.